The van der Waals surface area contributed by atoms with Crippen molar-refractivity contribution in [3.8, 4) is 0 Å². The van der Waals surface area contributed by atoms with Crippen molar-refractivity contribution in [1.82, 2.24) is 9.88 Å². The van der Waals surface area contributed by atoms with Gasteiger partial charge in [0.05, 0.1) is 0 Å². The van der Waals surface area contributed by atoms with Gasteiger partial charge >= 0.3 is 0 Å². The van der Waals surface area contributed by atoms with Crippen LogP contribution in [-0.4, -0.2) is 11.1 Å². The minimum absolute atomic E-state index is 0. The van der Waals surface area contributed by atoms with E-state index in [1.807, 2.05) is 0 Å². The number of fused-ring (bicyclic) bond motifs is 1. The molecule has 1 N–H and O–H groups in total. The number of hydrogen-bond donors (Lipinski definition) is 1. The van der Waals surface area contributed by atoms with E-state index >= 15 is 0 Å². The van der Waals surface area contributed by atoms with Gasteiger partial charge in [-0.25, -0.2) is 0 Å². The lowest BCUT2D eigenvalue weighted by molar-refractivity contribution is 0.650. The van der Waals surface area contributed by atoms with E-state index in [2.05, 4.69) is 47.4 Å². The third-order valence-electron chi connectivity index (χ3n) is 3.36. The number of aryl methyl sites for hydroxylation is 1. The number of benzene rings is 1. The summed E-state index contributed by atoms with van der Waals surface area (Å²) in [5.41, 5.74) is 2.80. The number of aromatic nitrogens is 1. The number of rotatable bonds is 1. The fourth-order valence-corrected chi connectivity index (χ4v) is 2.60. The third kappa shape index (κ3) is 1.72. The highest BCUT2D eigenvalue weighted by Crippen LogP contribution is 2.30. The second-order valence-corrected chi connectivity index (χ2v) is 4.36. The zero-order chi connectivity index (χ0) is 10.3. The highest BCUT2D eigenvalue weighted by atomic mass is 35.5. The highest BCUT2D eigenvalue weighted by molar-refractivity contribution is 5.85. The Balaban J connectivity index is 0.000000963. The van der Waals surface area contributed by atoms with Crippen LogP contribution in [-0.2, 0) is 7.05 Å². The lowest BCUT2D eigenvalue weighted by Gasteiger charge is -2.08. The fraction of sp³-hybridized carbons (Fsp3) is 0.385. The van der Waals surface area contributed by atoms with Crippen molar-refractivity contribution < 1.29 is 0 Å². The summed E-state index contributed by atoms with van der Waals surface area (Å²) >= 11 is 0. The van der Waals surface area contributed by atoms with Crippen molar-refractivity contribution in [2.75, 3.05) is 6.54 Å². The standard InChI is InChI=1S/C13H16N2.ClH/c1-15-9-11(12-6-4-8-14-12)10-5-2-3-7-13(10)15;/h2-3,5,7,9,12,14H,4,6,8H2,1H3;1H/t12-;/m1./s1. The second kappa shape index (κ2) is 4.48. The smallest absolute Gasteiger partial charge is 0.0481 e. The van der Waals surface area contributed by atoms with Crippen LogP contribution in [0.3, 0.4) is 0 Å². The molecule has 0 spiro atoms. The van der Waals surface area contributed by atoms with E-state index < -0.39 is 0 Å². The van der Waals surface area contributed by atoms with Crippen LogP contribution in [0.2, 0.25) is 0 Å². The van der Waals surface area contributed by atoms with Crippen molar-refractivity contribution in [1.29, 1.82) is 0 Å². The molecule has 0 amide bonds. The average Bonchev–Trinajstić information content (AvgIpc) is 2.87. The summed E-state index contributed by atoms with van der Waals surface area (Å²) in [4.78, 5) is 0. The highest BCUT2D eigenvalue weighted by Gasteiger charge is 2.19. The molecule has 16 heavy (non-hydrogen) atoms. The van der Waals surface area contributed by atoms with Gasteiger partial charge in [-0.15, -0.1) is 12.4 Å². The van der Waals surface area contributed by atoms with Gasteiger partial charge in [0.2, 0.25) is 0 Å². The van der Waals surface area contributed by atoms with Gasteiger partial charge in [-0.2, -0.15) is 0 Å². The molecule has 1 aromatic carbocycles. The molecule has 1 atom stereocenters. The Kier molecular flexibility index (Phi) is 3.22. The van der Waals surface area contributed by atoms with Crippen LogP contribution in [0.1, 0.15) is 24.4 Å². The molecule has 2 aromatic rings. The zero-order valence-corrected chi connectivity index (χ0v) is 10.3. The molecular weight excluding hydrogens is 220 g/mol. The van der Waals surface area contributed by atoms with Crippen molar-refractivity contribution in [2.45, 2.75) is 18.9 Å². The Morgan fingerprint density at radius 1 is 1.31 bits per heavy atom. The topological polar surface area (TPSA) is 17.0 Å². The first kappa shape index (κ1) is 11.5. The Labute approximate surface area is 102 Å². The van der Waals surface area contributed by atoms with Gasteiger partial charge in [-0.05, 0) is 31.0 Å². The predicted octanol–water partition coefficient (Wildman–Crippen LogP) is 3.02. The molecule has 0 radical (unpaired) electrons. The number of para-hydroxylation sites is 1. The molecule has 0 saturated carbocycles. The monoisotopic (exact) mass is 236 g/mol. The van der Waals surface area contributed by atoms with Gasteiger partial charge in [0.15, 0.2) is 0 Å². The van der Waals surface area contributed by atoms with Gasteiger partial charge in [0.1, 0.15) is 0 Å². The summed E-state index contributed by atoms with van der Waals surface area (Å²) in [6, 6.07) is 9.21. The van der Waals surface area contributed by atoms with Crippen LogP contribution in [0.25, 0.3) is 10.9 Å². The molecule has 1 aromatic heterocycles. The molecule has 1 aliphatic rings. The van der Waals surface area contributed by atoms with Gasteiger partial charge in [-0.3, -0.25) is 0 Å². The van der Waals surface area contributed by atoms with E-state index in [1.165, 1.54) is 29.3 Å². The zero-order valence-electron chi connectivity index (χ0n) is 9.44. The van der Waals surface area contributed by atoms with Crippen LogP contribution < -0.4 is 5.32 Å². The average molecular weight is 237 g/mol. The molecule has 1 aliphatic heterocycles. The van der Waals surface area contributed by atoms with Crippen molar-refractivity contribution in [3.63, 3.8) is 0 Å². The van der Waals surface area contributed by atoms with Crippen molar-refractivity contribution in [2.24, 2.45) is 7.05 Å². The lowest BCUT2D eigenvalue weighted by Crippen LogP contribution is -2.12. The van der Waals surface area contributed by atoms with Crippen LogP contribution in [0.15, 0.2) is 30.5 Å². The first-order chi connectivity index (χ1) is 7.36. The fourth-order valence-electron chi connectivity index (χ4n) is 2.60. The van der Waals surface area contributed by atoms with E-state index in [0.717, 1.165) is 6.54 Å². The summed E-state index contributed by atoms with van der Waals surface area (Å²) in [5.74, 6) is 0. The first-order valence-corrected chi connectivity index (χ1v) is 5.63. The maximum absolute atomic E-state index is 3.57. The summed E-state index contributed by atoms with van der Waals surface area (Å²) < 4.78 is 2.23. The van der Waals surface area contributed by atoms with Gasteiger partial charge in [0.25, 0.3) is 0 Å². The van der Waals surface area contributed by atoms with E-state index in [-0.39, 0.29) is 12.4 Å². The van der Waals surface area contributed by atoms with E-state index in [9.17, 15) is 0 Å². The molecule has 1 fully saturated rings. The number of nitrogens with zero attached hydrogens (tertiary/aromatic N) is 1. The van der Waals surface area contributed by atoms with Crippen molar-refractivity contribution in [3.05, 3.63) is 36.0 Å². The molecule has 3 heteroatoms. The van der Waals surface area contributed by atoms with Crippen LogP contribution in [0.5, 0.6) is 0 Å². The molecule has 3 rings (SSSR count). The SMILES string of the molecule is Cl.Cn1cc([C@H]2CCCN2)c2ccccc21. The molecule has 2 nitrogen and oxygen atoms in total. The summed E-state index contributed by atoms with van der Waals surface area (Å²) in [5, 5.41) is 4.97. The molecule has 0 unspecified atom stereocenters. The Hall–Kier alpha value is -0.990. The van der Waals surface area contributed by atoms with Crippen molar-refractivity contribution >= 4 is 23.3 Å². The maximum Gasteiger partial charge on any atom is 0.0481 e. The first-order valence-electron chi connectivity index (χ1n) is 5.63. The van der Waals surface area contributed by atoms with E-state index in [0.29, 0.717) is 6.04 Å². The normalized spacial score (nSPS) is 19.9. The third-order valence-corrected chi connectivity index (χ3v) is 3.36. The second-order valence-electron chi connectivity index (χ2n) is 4.36. The molecule has 2 heterocycles. The summed E-state index contributed by atoms with van der Waals surface area (Å²) in [7, 11) is 2.13. The minimum Gasteiger partial charge on any atom is -0.350 e. The maximum atomic E-state index is 3.57. The minimum atomic E-state index is 0. The van der Waals surface area contributed by atoms with E-state index in [4.69, 9.17) is 0 Å². The van der Waals surface area contributed by atoms with Gasteiger partial charge in [0, 0.05) is 30.2 Å². The lowest BCUT2D eigenvalue weighted by atomic mass is 10.0. The molecule has 0 aliphatic carbocycles. The Morgan fingerprint density at radius 3 is 2.88 bits per heavy atom. The predicted molar refractivity (Wildman–Crippen MR) is 70.1 cm³/mol. The Morgan fingerprint density at radius 2 is 2.12 bits per heavy atom. The number of hydrogen-bond acceptors (Lipinski definition) is 1. The molecular formula is C13H17ClN2. The quantitative estimate of drug-likeness (QED) is 0.806. The summed E-state index contributed by atoms with van der Waals surface area (Å²) in [6.45, 7) is 1.16. The van der Waals surface area contributed by atoms with Crippen LogP contribution >= 0.6 is 12.4 Å². The molecule has 86 valence electrons. The van der Waals surface area contributed by atoms with Gasteiger partial charge in [-0.1, -0.05) is 18.2 Å². The summed E-state index contributed by atoms with van der Waals surface area (Å²) in [6.07, 6.45) is 4.84. The van der Waals surface area contributed by atoms with Crippen LogP contribution in [0.4, 0.5) is 0 Å². The number of nitrogens with one attached hydrogen (secondary N) is 1. The molecule has 1 saturated heterocycles. The Bertz CT molecular complexity index is 484. The molecule has 0 bridgehead atoms. The number of halogens is 1. The van der Waals surface area contributed by atoms with E-state index in [1.54, 1.807) is 0 Å². The largest absolute Gasteiger partial charge is 0.350 e. The van der Waals surface area contributed by atoms with Gasteiger partial charge < -0.3 is 9.88 Å². The van der Waals surface area contributed by atoms with Crippen LogP contribution in [0, 0.1) is 0 Å².